The molecule has 0 saturated carbocycles. The van der Waals surface area contributed by atoms with E-state index in [1.807, 2.05) is 13.8 Å². The number of likely N-dealkylation sites (tertiary alicyclic amines) is 1. The third-order valence-electron chi connectivity index (χ3n) is 5.63. The summed E-state index contributed by atoms with van der Waals surface area (Å²) in [4.78, 5) is 33.7. The van der Waals surface area contributed by atoms with Crippen LogP contribution < -0.4 is 4.74 Å². The minimum Gasteiger partial charge on any atom is -0.507 e. The van der Waals surface area contributed by atoms with Gasteiger partial charge in [-0.25, -0.2) is 0 Å². The normalized spacial score (nSPS) is 17.9. The number of likely N-dealkylation sites (N-methyl/N-ethyl adjacent to an activating group) is 1. The number of phenolic OH excluding ortho intramolecular Hbond substituents is 1. The molecule has 9 heteroatoms. The number of aromatic hydroxyl groups is 1. The number of benzene rings is 1. The molecular weight excluding hydrogens is 478 g/mol. The predicted octanol–water partition coefficient (Wildman–Crippen LogP) is 3.32. The van der Waals surface area contributed by atoms with Crippen LogP contribution in [0.3, 0.4) is 0 Å². The lowest BCUT2D eigenvalue weighted by molar-refractivity contribution is -0.140. The van der Waals surface area contributed by atoms with Gasteiger partial charge < -0.3 is 24.7 Å². The minimum absolute atomic E-state index is 0.0135. The Morgan fingerprint density at radius 1 is 1.22 bits per heavy atom. The molecule has 2 aromatic rings. The number of ketones is 1. The smallest absolute Gasteiger partial charge is 0.295 e. The molecule has 170 valence electrons. The molecule has 1 fully saturated rings. The maximum absolute atomic E-state index is 13.1. The third kappa shape index (κ3) is 4.49. The van der Waals surface area contributed by atoms with E-state index in [4.69, 9.17) is 4.74 Å². The van der Waals surface area contributed by atoms with E-state index in [0.29, 0.717) is 28.7 Å². The van der Waals surface area contributed by atoms with E-state index in [-0.39, 0.29) is 22.8 Å². The van der Waals surface area contributed by atoms with Gasteiger partial charge in [-0.05, 0) is 58.8 Å². The Morgan fingerprint density at radius 3 is 2.47 bits per heavy atom. The number of rotatable bonds is 8. The molecule has 3 rings (SSSR count). The zero-order valence-electron chi connectivity index (χ0n) is 18.2. The van der Waals surface area contributed by atoms with Crippen molar-refractivity contribution in [3.63, 3.8) is 0 Å². The number of carbonyl (C=O) groups excluding carboxylic acids is 2. The molecule has 0 bridgehead atoms. The molecule has 1 atom stereocenters. The first-order valence-corrected chi connectivity index (χ1v) is 11.1. The predicted molar refractivity (Wildman–Crippen MR) is 123 cm³/mol. The van der Waals surface area contributed by atoms with Crippen LogP contribution in [0.5, 0.6) is 11.5 Å². The molecule has 2 N–H and O–H groups in total. The van der Waals surface area contributed by atoms with Gasteiger partial charge in [-0.2, -0.15) is 0 Å². The summed E-state index contributed by atoms with van der Waals surface area (Å²) in [5.41, 5.74) is 0.901. The van der Waals surface area contributed by atoms with Crippen LogP contribution in [-0.2, 0) is 9.59 Å². The van der Waals surface area contributed by atoms with Crippen molar-refractivity contribution < 1.29 is 24.5 Å². The molecule has 1 unspecified atom stereocenters. The van der Waals surface area contributed by atoms with Crippen molar-refractivity contribution in [1.82, 2.24) is 14.8 Å². The molecule has 1 aromatic carbocycles. The second kappa shape index (κ2) is 10.1. The molecule has 2 heterocycles. The van der Waals surface area contributed by atoms with E-state index in [1.54, 1.807) is 24.3 Å². The molecule has 8 nitrogen and oxygen atoms in total. The fourth-order valence-electron chi connectivity index (χ4n) is 3.82. The second-order valence-electron chi connectivity index (χ2n) is 7.31. The minimum atomic E-state index is -0.843. The Balaban J connectivity index is 2.17. The van der Waals surface area contributed by atoms with Crippen molar-refractivity contribution in [2.75, 3.05) is 33.3 Å². The lowest BCUT2D eigenvalue weighted by atomic mass is 9.95. The van der Waals surface area contributed by atoms with Gasteiger partial charge in [0.2, 0.25) is 0 Å². The topological polar surface area (TPSA) is 103 Å². The van der Waals surface area contributed by atoms with E-state index in [1.165, 1.54) is 24.4 Å². The monoisotopic (exact) mass is 503 g/mol. The van der Waals surface area contributed by atoms with Crippen LogP contribution in [0.1, 0.15) is 31.0 Å². The molecular formula is C23H26BrN3O5. The number of ether oxygens (including phenoxy) is 1. The van der Waals surface area contributed by atoms with Crippen LogP contribution in [0, 0.1) is 0 Å². The van der Waals surface area contributed by atoms with E-state index in [2.05, 4.69) is 25.8 Å². The van der Waals surface area contributed by atoms with E-state index < -0.39 is 17.7 Å². The van der Waals surface area contributed by atoms with Crippen LogP contribution in [-0.4, -0.2) is 70.0 Å². The largest absolute Gasteiger partial charge is 0.507 e. The van der Waals surface area contributed by atoms with E-state index in [9.17, 15) is 19.8 Å². The van der Waals surface area contributed by atoms with Crippen molar-refractivity contribution in [1.29, 1.82) is 0 Å². The fraction of sp³-hybridized carbons (Fsp3) is 0.348. The number of carbonyl (C=O) groups is 2. The number of hydrogen-bond acceptors (Lipinski definition) is 7. The van der Waals surface area contributed by atoms with E-state index >= 15 is 0 Å². The van der Waals surface area contributed by atoms with Gasteiger partial charge in [0.05, 0.1) is 23.2 Å². The average molecular weight is 504 g/mol. The number of nitrogens with zero attached hydrogens (tertiary/aromatic N) is 3. The summed E-state index contributed by atoms with van der Waals surface area (Å²) < 4.78 is 5.62. The van der Waals surface area contributed by atoms with E-state index in [0.717, 1.165) is 13.1 Å². The summed E-state index contributed by atoms with van der Waals surface area (Å²) in [5.74, 6) is -1.62. The Bertz CT molecular complexity index is 1040. The van der Waals surface area contributed by atoms with Gasteiger partial charge in [0.1, 0.15) is 5.76 Å². The van der Waals surface area contributed by atoms with Crippen molar-refractivity contribution in [3.05, 3.63) is 57.8 Å². The van der Waals surface area contributed by atoms with Crippen LogP contribution >= 0.6 is 15.9 Å². The number of halogens is 1. The number of aromatic nitrogens is 1. The first kappa shape index (κ1) is 23.7. The highest BCUT2D eigenvalue weighted by atomic mass is 79.9. The van der Waals surface area contributed by atoms with Gasteiger partial charge in [0.25, 0.3) is 11.7 Å². The molecule has 1 aliphatic rings. The lowest BCUT2D eigenvalue weighted by Crippen LogP contribution is -2.38. The lowest BCUT2D eigenvalue weighted by Gasteiger charge is -2.28. The summed E-state index contributed by atoms with van der Waals surface area (Å²) >= 11 is 3.31. The number of pyridine rings is 1. The zero-order valence-corrected chi connectivity index (χ0v) is 19.8. The van der Waals surface area contributed by atoms with Gasteiger partial charge in [0, 0.05) is 31.0 Å². The van der Waals surface area contributed by atoms with Gasteiger partial charge >= 0.3 is 0 Å². The van der Waals surface area contributed by atoms with Crippen LogP contribution in [0.15, 0.2) is 46.7 Å². The highest BCUT2D eigenvalue weighted by molar-refractivity contribution is 9.10. The maximum atomic E-state index is 13.1. The molecule has 1 saturated heterocycles. The quantitative estimate of drug-likeness (QED) is 0.323. The molecule has 1 aliphatic heterocycles. The molecule has 0 radical (unpaired) electrons. The molecule has 1 aromatic heterocycles. The Morgan fingerprint density at radius 2 is 1.88 bits per heavy atom. The molecule has 0 aliphatic carbocycles. The molecule has 32 heavy (non-hydrogen) atoms. The molecule has 0 spiro atoms. The SMILES string of the molecule is CCN(CC)CCN1C(=O)C(=O)C(=C(O)c2ccncc2)C1c1cc(Br)c(O)c(OC)c1. The standard InChI is InChI=1S/C23H26BrN3O5/c1-4-26(5-2)10-11-27-19(15-12-16(24)21(29)17(13-15)32-3)18(22(30)23(27)31)20(28)14-6-8-25-9-7-14/h6-9,12-13,19,28-29H,4-5,10-11H2,1-3H3. The number of aliphatic hydroxyl groups is 1. The van der Waals surface area contributed by atoms with Gasteiger partial charge in [-0.3, -0.25) is 14.6 Å². The van der Waals surface area contributed by atoms with Crippen LogP contribution in [0.25, 0.3) is 5.76 Å². The Labute approximate surface area is 195 Å². The zero-order chi connectivity index (χ0) is 23.4. The van der Waals surface area contributed by atoms with Crippen molar-refractivity contribution in [3.8, 4) is 11.5 Å². The van der Waals surface area contributed by atoms with Gasteiger partial charge in [0.15, 0.2) is 11.5 Å². The number of hydrogen-bond donors (Lipinski definition) is 2. The summed E-state index contributed by atoms with van der Waals surface area (Å²) in [7, 11) is 1.42. The Kier molecular flexibility index (Phi) is 7.52. The average Bonchev–Trinajstić information content (AvgIpc) is 3.06. The van der Waals surface area contributed by atoms with Crippen molar-refractivity contribution in [2.45, 2.75) is 19.9 Å². The summed E-state index contributed by atoms with van der Waals surface area (Å²) in [6, 6.07) is 5.50. The number of Topliss-reactive ketones (excluding diaryl/α,β-unsaturated/α-hetero) is 1. The molecule has 1 amide bonds. The Hall–Kier alpha value is -2.91. The number of aliphatic hydroxyl groups excluding tert-OH is 1. The second-order valence-corrected chi connectivity index (χ2v) is 8.16. The van der Waals surface area contributed by atoms with Crippen molar-refractivity contribution in [2.24, 2.45) is 0 Å². The van der Waals surface area contributed by atoms with Crippen LogP contribution in [0.4, 0.5) is 0 Å². The van der Waals surface area contributed by atoms with Crippen LogP contribution in [0.2, 0.25) is 0 Å². The number of phenols is 1. The summed E-state index contributed by atoms with van der Waals surface area (Å²) in [6.07, 6.45) is 3.00. The summed E-state index contributed by atoms with van der Waals surface area (Å²) in [6.45, 7) is 6.54. The fourth-order valence-corrected chi connectivity index (χ4v) is 4.28. The first-order chi connectivity index (χ1) is 15.3. The summed E-state index contributed by atoms with van der Waals surface area (Å²) in [5, 5.41) is 21.3. The maximum Gasteiger partial charge on any atom is 0.295 e. The highest BCUT2D eigenvalue weighted by Crippen LogP contribution is 2.44. The first-order valence-electron chi connectivity index (χ1n) is 10.3. The van der Waals surface area contributed by atoms with Gasteiger partial charge in [-0.15, -0.1) is 0 Å². The number of amides is 1. The van der Waals surface area contributed by atoms with Gasteiger partial charge in [-0.1, -0.05) is 13.8 Å². The highest BCUT2D eigenvalue weighted by Gasteiger charge is 2.46. The number of methoxy groups -OCH3 is 1. The van der Waals surface area contributed by atoms with Crippen molar-refractivity contribution >= 4 is 33.4 Å². The third-order valence-corrected chi connectivity index (χ3v) is 6.24.